The Hall–Kier alpha value is -2.76. The van der Waals surface area contributed by atoms with Crippen LogP contribution >= 0.6 is 11.3 Å². The second kappa shape index (κ2) is 11.3. The van der Waals surface area contributed by atoms with Crippen molar-refractivity contribution in [3.8, 4) is 0 Å². The molecule has 0 atom stereocenters. The van der Waals surface area contributed by atoms with Gasteiger partial charge in [-0.25, -0.2) is 8.42 Å². The number of amides is 3. The highest BCUT2D eigenvalue weighted by Gasteiger charge is 2.29. The molecule has 0 bridgehead atoms. The van der Waals surface area contributed by atoms with Gasteiger partial charge in [0.2, 0.25) is 15.9 Å². The molecule has 1 aliphatic heterocycles. The van der Waals surface area contributed by atoms with Crippen LogP contribution in [0, 0.1) is 0 Å². The fourth-order valence-electron chi connectivity index (χ4n) is 4.08. The molecule has 1 aromatic carbocycles. The predicted molar refractivity (Wildman–Crippen MR) is 136 cm³/mol. The van der Waals surface area contributed by atoms with Gasteiger partial charge in [-0.15, -0.1) is 11.3 Å². The smallest absolute Gasteiger partial charge is 0.256 e. The van der Waals surface area contributed by atoms with E-state index in [0.717, 1.165) is 10.4 Å². The van der Waals surface area contributed by atoms with Crippen molar-refractivity contribution in [3.63, 3.8) is 0 Å². The van der Waals surface area contributed by atoms with Gasteiger partial charge in [-0.3, -0.25) is 14.4 Å². The van der Waals surface area contributed by atoms with Crippen molar-refractivity contribution in [2.45, 2.75) is 51.5 Å². The molecular weight excluding hydrogens is 488 g/mol. The second-order valence-corrected chi connectivity index (χ2v) is 11.4. The standard InChI is InChI=1S/C24H32N4O5S2/c1-5-12-28(13-6-2)35(32,33)18-9-7-17(8-10-18)22(30)26-24-21(23(31)25-4)19-11-14-27(16(3)29)15-20(19)34-24/h7-10H,5-6,11-15H2,1-4H3,(H,25,31)(H,26,30). The van der Waals surface area contributed by atoms with Crippen LogP contribution in [-0.2, 0) is 27.8 Å². The summed E-state index contributed by atoms with van der Waals surface area (Å²) in [6.45, 7) is 7.15. The van der Waals surface area contributed by atoms with Gasteiger partial charge in [-0.05, 0) is 49.1 Å². The quantitative estimate of drug-likeness (QED) is 0.527. The number of carbonyl (C=O) groups is 3. The van der Waals surface area contributed by atoms with Crippen molar-refractivity contribution in [1.82, 2.24) is 14.5 Å². The molecule has 0 unspecified atom stereocenters. The number of sulfonamides is 1. The van der Waals surface area contributed by atoms with Gasteiger partial charge in [0.1, 0.15) is 5.00 Å². The highest BCUT2D eigenvalue weighted by molar-refractivity contribution is 7.89. The van der Waals surface area contributed by atoms with Crippen molar-refractivity contribution in [1.29, 1.82) is 0 Å². The van der Waals surface area contributed by atoms with Gasteiger partial charge in [0.25, 0.3) is 11.8 Å². The lowest BCUT2D eigenvalue weighted by atomic mass is 10.0. The summed E-state index contributed by atoms with van der Waals surface area (Å²) in [5, 5.41) is 5.86. The van der Waals surface area contributed by atoms with Gasteiger partial charge in [0, 0.05) is 44.0 Å². The number of fused-ring (bicyclic) bond motifs is 1. The number of nitrogens with zero attached hydrogens (tertiary/aromatic N) is 2. The average Bonchev–Trinajstić information content (AvgIpc) is 3.20. The van der Waals surface area contributed by atoms with E-state index in [1.165, 1.54) is 53.9 Å². The third-order valence-electron chi connectivity index (χ3n) is 5.88. The molecule has 1 aliphatic rings. The molecular formula is C24H32N4O5S2. The second-order valence-electron chi connectivity index (χ2n) is 8.36. The topological polar surface area (TPSA) is 116 Å². The molecule has 0 spiro atoms. The summed E-state index contributed by atoms with van der Waals surface area (Å²) in [7, 11) is -2.11. The third-order valence-corrected chi connectivity index (χ3v) is 8.93. The number of hydrogen-bond acceptors (Lipinski definition) is 6. The molecule has 2 N–H and O–H groups in total. The number of anilines is 1. The maximum atomic E-state index is 13.0. The molecule has 2 heterocycles. The van der Waals surface area contributed by atoms with Crippen molar-refractivity contribution in [3.05, 3.63) is 45.8 Å². The summed E-state index contributed by atoms with van der Waals surface area (Å²) < 4.78 is 27.4. The first kappa shape index (κ1) is 26.8. The number of carbonyl (C=O) groups excluding carboxylic acids is 3. The lowest BCUT2D eigenvalue weighted by Crippen LogP contribution is -2.34. The molecule has 0 fully saturated rings. The molecule has 190 valence electrons. The molecule has 3 amide bonds. The number of nitrogens with one attached hydrogen (secondary N) is 2. The van der Waals surface area contributed by atoms with Crippen molar-refractivity contribution < 1.29 is 22.8 Å². The molecule has 2 aromatic rings. The normalized spacial score (nSPS) is 13.5. The van der Waals surface area contributed by atoms with Gasteiger partial charge in [-0.2, -0.15) is 4.31 Å². The first-order valence-electron chi connectivity index (χ1n) is 11.7. The minimum Gasteiger partial charge on any atom is -0.355 e. The monoisotopic (exact) mass is 520 g/mol. The van der Waals surface area contributed by atoms with Crippen molar-refractivity contribution >= 4 is 44.1 Å². The van der Waals surface area contributed by atoms with Crippen LogP contribution in [0.1, 0.15) is 64.8 Å². The SMILES string of the molecule is CCCN(CCC)S(=O)(=O)c1ccc(C(=O)Nc2sc3c(c2C(=O)NC)CCN(C(C)=O)C3)cc1. The maximum Gasteiger partial charge on any atom is 0.256 e. The van der Waals surface area contributed by atoms with E-state index in [-0.39, 0.29) is 22.3 Å². The Bertz CT molecular complexity index is 1200. The minimum atomic E-state index is -3.64. The van der Waals surface area contributed by atoms with Gasteiger partial charge in [0.15, 0.2) is 0 Å². The van der Waals surface area contributed by atoms with Gasteiger partial charge in [0.05, 0.1) is 17.0 Å². The first-order valence-corrected chi connectivity index (χ1v) is 13.9. The fourth-order valence-corrected chi connectivity index (χ4v) is 6.96. The Balaban J connectivity index is 1.85. The Morgan fingerprint density at radius 2 is 1.69 bits per heavy atom. The summed E-state index contributed by atoms with van der Waals surface area (Å²) in [6, 6.07) is 5.82. The first-order chi connectivity index (χ1) is 16.6. The Morgan fingerprint density at radius 1 is 1.06 bits per heavy atom. The van der Waals surface area contributed by atoms with E-state index in [9.17, 15) is 22.8 Å². The lowest BCUT2D eigenvalue weighted by Gasteiger charge is -2.25. The van der Waals surface area contributed by atoms with Crippen LogP contribution in [0.5, 0.6) is 0 Å². The van der Waals surface area contributed by atoms with Crippen LogP contribution < -0.4 is 10.6 Å². The van der Waals surface area contributed by atoms with E-state index in [1.54, 1.807) is 4.90 Å². The third kappa shape index (κ3) is 5.74. The Morgan fingerprint density at radius 3 is 2.23 bits per heavy atom. The number of thiophene rings is 1. The summed E-state index contributed by atoms with van der Waals surface area (Å²) in [4.78, 5) is 40.1. The predicted octanol–water partition coefficient (Wildman–Crippen LogP) is 3.08. The van der Waals surface area contributed by atoms with Crippen LogP contribution in [0.25, 0.3) is 0 Å². The van der Waals surface area contributed by atoms with E-state index in [0.29, 0.717) is 56.0 Å². The van der Waals surface area contributed by atoms with Gasteiger partial charge in [-0.1, -0.05) is 13.8 Å². The van der Waals surface area contributed by atoms with E-state index in [4.69, 9.17) is 0 Å². The highest BCUT2D eigenvalue weighted by Crippen LogP contribution is 2.37. The number of hydrogen-bond donors (Lipinski definition) is 2. The molecule has 0 saturated heterocycles. The van der Waals surface area contributed by atoms with Crippen LogP contribution in [0.15, 0.2) is 29.2 Å². The van der Waals surface area contributed by atoms with Crippen LogP contribution in [0.2, 0.25) is 0 Å². The zero-order valence-electron chi connectivity index (χ0n) is 20.5. The lowest BCUT2D eigenvalue weighted by molar-refractivity contribution is -0.129. The fraction of sp³-hybridized carbons (Fsp3) is 0.458. The molecule has 35 heavy (non-hydrogen) atoms. The summed E-state index contributed by atoms with van der Waals surface area (Å²) in [6.07, 6.45) is 1.95. The number of benzene rings is 1. The van der Waals surface area contributed by atoms with Crippen LogP contribution in [-0.4, -0.2) is 62.0 Å². The number of rotatable bonds is 9. The van der Waals surface area contributed by atoms with Crippen LogP contribution in [0.4, 0.5) is 5.00 Å². The van der Waals surface area contributed by atoms with E-state index >= 15 is 0 Å². The zero-order valence-corrected chi connectivity index (χ0v) is 22.1. The average molecular weight is 521 g/mol. The molecule has 0 saturated carbocycles. The largest absolute Gasteiger partial charge is 0.355 e. The molecule has 0 radical (unpaired) electrons. The minimum absolute atomic E-state index is 0.0393. The maximum absolute atomic E-state index is 13.0. The molecule has 9 nitrogen and oxygen atoms in total. The summed E-state index contributed by atoms with van der Waals surface area (Å²) in [5.74, 6) is -0.787. The van der Waals surface area contributed by atoms with Crippen LogP contribution in [0.3, 0.4) is 0 Å². The van der Waals surface area contributed by atoms with Crippen molar-refractivity contribution in [2.24, 2.45) is 0 Å². The van der Waals surface area contributed by atoms with E-state index in [1.807, 2.05) is 13.8 Å². The van der Waals surface area contributed by atoms with Gasteiger partial charge >= 0.3 is 0 Å². The molecule has 1 aromatic heterocycles. The van der Waals surface area contributed by atoms with Gasteiger partial charge < -0.3 is 15.5 Å². The van der Waals surface area contributed by atoms with Crippen molar-refractivity contribution in [2.75, 3.05) is 32.0 Å². The highest BCUT2D eigenvalue weighted by atomic mass is 32.2. The summed E-state index contributed by atoms with van der Waals surface area (Å²) >= 11 is 1.28. The Kier molecular flexibility index (Phi) is 8.68. The Labute approximate surface area is 210 Å². The molecule has 11 heteroatoms. The summed E-state index contributed by atoms with van der Waals surface area (Å²) in [5.41, 5.74) is 1.54. The molecule has 3 rings (SSSR count). The zero-order chi connectivity index (χ0) is 25.8. The van der Waals surface area contributed by atoms with E-state index < -0.39 is 15.9 Å². The molecule has 0 aliphatic carbocycles. The van der Waals surface area contributed by atoms with E-state index in [2.05, 4.69) is 10.6 Å².